The topological polar surface area (TPSA) is 94.2 Å². The highest BCUT2D eigenvalue weighted by molar-refractivity contribution is 6.42. The van der Waals surface area contributed by atoms with Crippen LogP contribution in [0.2, 0.25) is 0 Å². The van der Waals surface area contributed by atoms with Gasteiger partial charge in [-0.2, -0.15) is 0 Å². The molecule has 0 N–H and O–H groups in total. The molecule has 7 nitrogen and oxygen atoms in total. The summed E-state index contributed by atoms with van der Waals surface area (Å²) in [4.78, 5) is 31.2. The Hall–Kier alpha value is -3.35. The molecule has 1 aliphatic rings. The predicted molar refractivity (Wildman–Crippen MR) is 89.5 cm³/mol. The number of esters is 1. The third kappa shape index (κ3) is 3.05. The van der Waals surface area contributed by atoms with E-state index in [9.17, 15) is 14.9 Å². The molecule has 0 radical (unpaired) electrons. The van der Waals surface area contributed by atoms with E-state index in [2.05, 4.69) is 9.98 Å². The van der Waals surface area contributed by atoms with E-state index >= 15 is 0 Å². The molecule has 1 heterocycles. The number of hydrogen-bond acceptors (Lipinski definition) is 6. The molecule has 0 saturated heterocycles. The summed E-state index contributed by atoms with van der Waals surface area (Å²) in [5.41, 5.74) is 2.72. The van der Waals surface area contributed by atoms with Crippen LogP contribution in [0, 0.1) is 10.1 Å². The third-order valence-electron chi connectivity index (χ3n) is 3.56. The van der Waals surface area contributed by atoms with Gasteiger partial charge in [0.2, 0.25) is 0 Å². The Morgan fingerprint density at radius 1 is 1.08 bits per heavy atom. The number of carbonyl (C=O) groups is 1. The smallest absolute Gasteiger partial charge is 0.352 e. The van der Waals surface area contributed by atoms with Crippen LogP contribution in [-0.2, 0) is 9.53 Å². The van der Waals surface area contributed by atoms with E-state index in [0.29, 0.717) is 22.6 Å². The van der Waals surface area contributed by atoms with Crippen molar-refractivity contribution in [1.29, 1.82) is 0 Å². The molecule has 0 aliphatic carbocycles. The minimum atomic E-state index is -0.527. The van der Waals surface area contributed by atoms with E-state index in [1.54, 1.807) is 24.3 Å². The molecular formula is C17H13N3O4. The number of aliphatic imine (C=N–C) groups is 2. The summed E-state index contributed by atoms with van der Waals surface area (Å²) in [7, 11) is 1.30. The standard InChI is InChI=1S/C17H13N3O4/c1-24-17(21)16-10-15(11-6-8-12(9-7-11)20(22)23)18-13-4-2-3-5-14(13)19-16/h2-9H,10H2,1H3. The lowest BCUT2D eigenvalue weighted by Crippen LogP contribution is -2.19. The van der Waals surface area contributed by atoms with Crippen molar-refractivity contribution < 1.29 is 14.5 Å². The van der Waals surface area contributed by atoms with Gasteiger partial charge in [-0.15, -0.1) is 0 Å². The average Bonchev–Trinajstić information content (AvgIpc) is 2.80. The maximum absolute atomic E-state index is 12.0. The molecule has 0 atom stereocenters. The van der Waals surface area contributed by atoms with Gasteiger partial charge in [0.05, 0.1) is 29.1 Å². The van der Waals surface area contributed by atoms with Crippen molar-refractivity contribution in [3.63, 3.8) is 0 Å². The summed E-state index contributed by atoms with van der Waals surface area (Å²) in [6.07, 6.45) is 0.180. The zero-order valence-electron chi connectivity index (χ0n) is 12.8. The van der Waals surface area contributed by atoms with Crippen molar-refractivity contribution in [2.75, 3.05) is 7.11 Å². The highest BCUT2D eigenvalue weighted by Crippen LogP contribution is 2.31. The van der Waals surface area contributed by atoms with Gasteiger partial charge < -0.3 is 4.74 Å². The molecule has 7 heteroatoms. The van der Waals surface area contributed by atoms with Crippen LogP contribution in [0.4, 0.5) is 17.1 Å². The highest BCUT2D eigenvalue weighted by Gasteiger charge is 2.21. The minimum Gasteiger partial charge on any atom is -0.465 e. The number of para-hydroxylation sites is 2. The molecule has 3 rings (SSSR count). The van der Waals surface area contributed by atoms with E-state index in [-0.39, 0.29) is 17.8 Å². The highest BCUT2D eigenvalue weighted by atomic mass is 16.6. The first-order chi connectivity index (χ1) is 11.6. The second kappa shape index (κ2) is 6.41. The lowest BCUT2D eigenvalue weighted by Gasteiger charge is -2.06. The SMILES string of the molecule is COC(=O)C1=Nc2ccccc2N=C(c2ccc([N+](=O)[O-])cc2)C1. The van der Waals surface area contributed by atoms with E-state index in [0.717, 1.165) is 0 Å². The molecule has 0 bridgehead atoms. The zero-order chi connectivity index (χ0) is 17.1. The fraction of sp³-hybridized carbons (Fsp3) is 0.118. The fourth-order valence-electron chi connectivity index (χ4n) is 2.36. The number of rotatable bonds is 3. The number of carbonyl (C=O) groups excluding carboxylic acids is 1. The number of nitro benzene ring substituents is 1. The molecule has 0 amide bonds. The number of methoxy groups -OCH3 is 1. The minimum absolute atomic E-state index is 0.00442. The number of fused-ring (bicyclic) bond motifs is 1. The lowest BCUT2D eigenvalue weighted by molar-refractivity contribution is -0.384. The van der Waals surface area contributed by atoms with Gasteiger partial charge in [0.25, 0.3) is 5.69 Å². The second-order valence-corrected chi connectivity index (χ2v) is 5.08. The number of nitrogens with zero attached hydrogens (tertiary/aromatic N) is 3. The number of hydrogen-bond donors (Lipinski definition) is 0. The van der Waals surface area contributed by atoms with Crippen LogP contribution in [0.15, 0.2) is 58.5 Å². The lowest BCUT2D eigenvalue weighted by atomic mass is 10.0. The Labute approximate surface area is 137 Å². The average molecular weight is 323 g/mol. The number of ether oxygens (including phenoxy) is 1. The van der Waals surface area contributed by atoms with Gasteiger partial charge >= 0.3 is 5.97 Å². The Balaban J connectivity index is 2.07. The van der Waals surface area contributed by atoms with Crippen LogP contribution in [0.3, 0.4) is 0 Å². The fourth-order valence-corrected chi connectivity index (χ4v) is 2.36. The van der Waals surface area contributed by atoms with Gasteiger partial charge in [0, 0.05) is 18.6 Å². The van der Waals surface area contributed by atoms with Crippen molar-refractivity contribution in [2.45, 2.75) is 6.42 Å². The van der Waals surface area contributed by atoms with Gasteiger partial charge in [-0.1, -0.05) is 12.1 Å². The normalized spacial score (nSPS) is 13.2. The third-order valence-corrected chi connectivity index (χ3v) is 3.56. The first kappa shape index (κ1) is 15.5. The molecule has 0 fully saturated rings. The number of benzene rings is 2. The first-order valence-corrected chi connectivity index (χ1v) is 7.16. The van der Waals surface area contributed by atoms with Crippen LogP contribution >= 0.6 is 0 Å². The van der Waals surface area contributed by atoms with E-state index in [4.69, 9.17) is 4.74 Å². The number of non-ortho nitro benzene ring substituents is 1. The monoisotopic (exact) mass is 323 g/mol. The van der Waals surface area contributed by atoms with Crippen molar-refractivity contribution in [3.05, 3.63) is 64.2 Å². The van der Waals surface area contributed by atoms with Crippen molar-refractivity contribution >= 4 is 34.5 Å². The maximum atomic E-state index is 12.0. The molecular weight excluding hydrogens is 310 g/mol. The van der Waals surface area contributed by atoms with Crippen molar-refractivity contribution in [2.24, 2.45) is 9.98 Å². The summed E-state index contributed by atoms with van der Waals surface area (Å²) < 4.78 is 4.78. The maximum Gasteiger partial charge on any atom is 0.352 e. The summed E-state index contributed by atoms with van der Waals surface area (Å²) >= 11 is 0. The Morgan fingerprint density at radius 3 is 2.29 bits per heavy atom. The quantitative estimate of drug-likeness (QED) is 0.491. The molecule has 0 unspecified atom stereocenters. The first-order valence-electron chi connectivity index (χ1n) is 7.16. The summed E-state index contributed by atoms with van der Waals surface area (Å²) in [6.45, 7) is 0. The van der Waals surface area contributed by atoms with E-state index in [1.807, 2.05) is 12.1 Å². The molecule has 2 aromatic rings. The van der Waals surface area contributed by atoms with Gasteiger partial charge in [-0.25, -0.2) is 9.79 Å². The van der Waals surface area contributed by atoms with Crippen LogP contribution in [0.1, 0.15) is 12.0 Å². The van der Waals surface area contributed by atoms with Gasteiger partial charge in [0.1, 0.15) is 5.71 Å². The molecule has 0 spiro atoms. The van der Waals surface area contributed by atoms with Gasteiger partial charge in [-0.05, 0) is 29.8 Å². The van der Waals surface area contributed by atoms with Crippen LogP contribution < -0.4 is 0 Å². The summed E-state index contributed by atoms with van der Waals surface area (Å²) in [5, 5.41) is 10.8. The Morgan fingerprint density at radius 2 is 1.71 bits per heavy atom. The Bertz CT molecular complexity index is 870. The van der Waals surface area contributed by atoms with Crippen molar-refractivity contribution in [3.8, 4) is 0 Å². The molecule has 0 saturated carbocycles. The second-order valence-electron chi connectivity index (χ2n) is 5.08. The van der Waals surface area contributed by atoms with Gasteiger partial charge in [-0.3, -0.25) is 15.1 Å². The largest absolute Gasteiger partial charge is 0.465 e. The molecule has 24 heavy (non-hydrogen) atoms. The number of nitro groups is 1. The molecule has 1 aliphatic heterocycles. The summed E-state index contributed by atoms with van der Waals surface area (Å²) in [6, 6.07) is 13.2. The van der Waals surface area contributed by atoms with Crippen molar-refractivity contribution in [1.82, 2.24) is 0 Å². The zero-order valence-corrected chi connectivity index (χ0v) is 12.8. The van der Waals surface area contributed by atoms with E-state index < -0.39 is 10.9 Å². The molecule has 2 aromatic carbocycles. The van der Waals surface area contributed by atoms with Crippen LogP contribution in [-0.4, -0.2) is 29.4 Å². The Kier molecular flexibility index (Phi) is 4.15. The van der Waals surface area contributed by atoms with Crippen LogP contribution in [0.5, 0.6) is 0 Å². The van der Waals surface area contributed by atoms with Gasteiger partial charge in [0.15, 0.2) is 0 Å². The summed E-state index contributed by atoms with van der Waals surface area (Å²) in [5.74, 6) is -0.527. The predicted octanol–water partition coefficient (Wildman–Crippen LogP) is 3.36. The van der Waals surface area contributed by atoms with Crippen LogP contribution in [0.25, 0.3) is 0 Å². The van der Waals surface area contributed by atoms with E-state index in [1.165, 1.54) is 19.2 Å². The molecule has 120 valence electrons. The molecule has 0 aromatic heterocycles.